The Balaban J connectivity index is 1.51. The van der Waals surface area contributed by atoms with Gasteiger partial charge >= 0.3 is 0 Å². The van der Waals surface area contributed by atoms with Crippen molar-refractivity contribution in [3.05, 3.63) is 81.4 Å². The van der Waals surface area contributed by atoms with Gasteiger partial charge in [0.25, 0.3) is 5.69 Å². The first-order valence-corrected chi connectivity index (χ1v) is 9.61. The van der Waals surface area contributed by atoms with Crippen molar-refractivity contribution in [2.45, 2.75) is 38.5 Å². The van der Waals surface area contributed by atoms with E-state index in [9.17, 15) is 14.9 Å². The van der Waals surface area contributed by atoms with E-state index in [-0.39, 0.29) is 28.8 Å². The normalized spacial score (nSPS) is 18.9. The van der Waals surface area contributed by atoms with Crippen molar-refractivity contribution in [3.8, 4) is 0 Å². The zero-order valence-electron chi connectivity index (χ0n) is 16.8. The fraction of sp³-hybridized carbons (Fsp3) is 0.304. The fourth-order valence-corrected chi connectivity index (χ4v) is 3.25. The summed E-state index contributed by atoms with van der Waals surface area (Å²) in [6.45, 7) is 6.54. The number of hydrogen-bond acceptors (Lipinski definition) is 4. The van der Waals surface area contributed by atoms with E-state index in [2.05, 4.69) is 55.6 Å². The Hall–Kier alpha value is -3.28. The Morgan fingerprint density at radius 1 is 1.17 bits per heavy atom. The van der Waals surface area contributed by atoms with E-state index < -0.39 is 4.92 Å². The first-order chi connectivity index (χ1) is 13.8. The molecule has 2 atom stereocenters. The van der Waals surface area contributed by atoms with Crippen molar-refractivity contribution < 1.29 is 9.72 Å². The van der Waals surface area contributed by atoms with Gasteiger partial charge in [-0.05, 0) is 47.1 Å². The average Bonchev–Trinajstić information content (AvgIpc) is 3.48. The number of carbonyl (C=O) groups is 1. The van der Waals surface area contributed by atoms with Crippen LogP contribution < -0.4 is 5.43 Å². The zero-order valence-corrected chi connectivity index (χ0v) is 16.8. The minimum absolute atomic E-state index is 0.0273. The molecule has 6 heteroatoms. The molecule has 0 saturated heterocycles. The molecule has 0 heterocycles. The van der Waals surface area contributed by atoms with Gasteiger partial charge in [-0.15, -0.1) is 0 Å². The van der Waals surface area contributed by atoms with Gasteiger partial charge in [-0.25, -0.2) is 5.43 Å². The number of amides is 1. The first kappa shape index (κ1) is 20.5. The highest BCUT2D eigenvalue weighted by Crippen LogP contribution is 2.47. The van der Waals surface area contributed by atoms with E-state index >= 15 is 0 Å². The summed E-state index contributed by atoms with van der Waals surface area (Å²) in [5, 5.41) is 14.9. The van der Waals surface area contributed by atoms with Gasteiger partial charge in [0, 0.05) is 18.2 Å². The van der Waals surface area contributed by atoms with Crippen molar-refractivity contribution in [1.82, 2.24) is 5.43 Å². The second-order valence-corrected chi connectivity index (χ2v) is 8.25. The summed E-state index contributed by atoms with van der Waals surface area (Å²) in [6.07, 6.45) is 5.40. The van der Waals surface area contributed by atoms with E-state index in [1.54, 1.807) is 30.4 Å². The summed E-state index contributed by atoms with van der Waals surface area (Å²) < 4.78 is 0. The number of para-hydroxylation sites is 1. The summed E-state index contributed by atoms with van der Waals surface area (Å²) in [5.41, 5.74) is 5.63. The highest BCUT2D eigenvalue weighted by Gasteiger charge is 2.43. The Bertz CT molecular complexity index is 956. The molecule has 2 aromatic carbocycles. The number of nitro benzene ring substituents is 1. The van der Waals surface area contributed by atoms with Crippen LogP contribution in [-0.2, 0) is 10.2 Å². The number of nitro groups is 1. The first-order valence-electron chi connectivity index (χ1n) is 9.61. The molecule has 6 nitrogen and oxygen atoms in total. The van der Waals surface area contributed by atoms with Crippen LogP contribution in [0.25, 0.3) is 6.08 Å². The monoisotopic (exact) mass is 391 g/mol. The predicted octanol–water partition coefficient (Wildman–Crippen LogP) is 4.81. The fourth-order valence-electron chi connectivity index (χ4n) is 3.25. The van der Waals surface area contributed by atoms with Crippen LogP contribution in [0, 0.1) is 16.0 Å². The Morgan fingerprint density at radius 2 is 1.86 bits per heavy atom. The van der Waals surface area contributed by atoms with Crippen LogP contribution in [-0.4, -0.2) is 17.0 Å². The summed E-state index contributed by atoms with van der Waals surface area (Å²) >= 11 is 0. The van der Waals surface area contributed by atoms with Crippen LogP contribution in [0.2, 0.25) is 0 Å². The summed E-state index contributed by atoms with van der Waals surface area (Å²) in [6, 6.07) is 14.9. The number of carbonyl (C=O) groups excluding carboxylic acids is 1. The molecule has 1 aliphatic rings. The Labute approximate surface area is 170 Å². The third-order valence-electron chi connectivity index (χ3n) is 5.08. The molecule has 1 amide bonds. The molecule has 150 valence electrons. The number of rotatable bonds is 6. The van der Waals surface area contributed by atoms with Gasteiger partial charge in [0.05, 0.1) is 10.5 Å². The smallest absolute Gasteiger partial charge is 0.273 e. The number of benzene rings is 2. The maximum atomic E-state index is 12.3. The van der Waals surface area contributed by atoms with Gasteiger partial charge < -0.3 is 0 Å². The largest absolute Gasteiger partial charge is 0.276 e. The zero-order chi connectivity index (χ0) is 21.0. The molecular formula is C23H25N3O3. The van der Waals surface area contributed by atoms with E-state index in [4.69, 9.17) is 0 Å². The molecule has 0 spiro atoms. The van der Waals surface area contributed by atoms with Crippen LogP contribution in [0.5, 0.6) is 0 Å². The minimum Gasteiger partial charge on any atom is -0.273 e. The van der Waals surface area contributed by atoms with E-state index in [1.807, 2.05) is 0 Å². The lowest BCUT2D eigenvalue weighted by Crippen LogP contribution is -2.19. The molecular weight excluding hydrogens is 366 g/mol. The standard InChI is InChI=1S/C23H25N3O3/c1-23(2,3)18-12-10-16(11-13-18)19-15-20(19)22(27)25-24-14-6-8-17-7-4-5-9-21(17)26(28)29/h4-14,19-20H,15H2,1-3H3,(H,25,27)/b8-6+,24-14?/t19-,20+/m0/s1. The van der Waals surface area contributed by atoms with Crippen LogP contribution in [0.3, 0.4) is 0 Å². The summed E-state index contributed by atoms with van der Waals surface area (Å²) in [5.74, 6) is 0.0683. The van der Waals surface area contributed by atoms with Gasteiger partial charge in [0.15, 0.2) is 0 Å². The van der Waals surface area contributed by atoms with Crippen molar-refractivity contribution in [3.63, 3.8) is 0 Å². The molecule has 1 saturated carbocycles. The molecule has 2 aromatic rings. The van der Waals surface area contributed by atoms with Gasteiger partial charge in [-0.3, -0.25) is 14.9 Å². The Morgan fingerprint density at radius 3 is 2.52 bits per heavy atom. The molecule has 1 aliphatic carbocycles. The van der Waals surface area contributed by atoms with Crippen molar-refractivity contribution in [1.29, 1.82) is 0 Å². The number of hydrogen-bond donors (Lipinski definition) is 1. The number of nitrogens with zero attached hydrogens (tertiary/aromatic N) is 2. The number of nitrogens with one attached hydrogen (secondary N) is 1. The van der Waals surface area contributed by atoms with Crippen LogP contribution in [0.4, 0.5) is 5.69 Å². The van der Waals surface area contributed by atoms with Gasteiger partial charge in [-0.1, -0.05) is 57.2 Å². The highest BCUT2D eigenvalue weighted by molar-refractivity contribution is 5.85. The van der Waals surface area contributed by atoms with Crippen molar-refractivity contribution in [2.75, 3.05) is 0 Å². The maximum Gasteiger partial charge on any atom is 0.276 e. The Kier molecular flexibility index (Phi) is 5.92. The van der Waals surface area contributed by atoms with E-state index in [0.717, 1.165) is 6.42 Å². The van der Waals surface area contributed by atoms with Gasteiger partial charge in [-0.2, -0.15) is 5.10 Å². The lowest BCUT2D eigenvalue weighted by atomic mass is 9.86. The average molecular weight is 391 g/mol. The molecule has 0 radical (unpaired) electrons. The molecule has 1 fully saturated rings. The molecule has 0 aliphatic heterocycles. The van der Waals surface area contributed by atoms with Gasteiger partial charge in [0.2, 0.25) is 5.91 Å². The third kappa shape index (κ3) is 5.16. The van der Waals surface area contributed by atoms with Crippen molar-refractivity contribution >= 4 is 23.9 Å². The maximum absolute atomic E-state index is 12.3. The summed E-state index contributed by atoms with van der Waals surface area (Å²) in [4.78, 5) is 22.8. The van der Waals surface area contributed by atoms with Crippen LogP contribution >= 0.6 is 0 Å². The number of allylic oxidation sites excluding steroid dienone is 1. The van der Waals surface area contributed by atoms with Crippen LogP contribution in [0.1, 0.15) is 49.8 Å². The number of hydrazone groups is 1. The van der Waals surface area contributed by atoms with Crippen molar-refractivity contribution in [2.24, 2.45) is 11.0 Å². The van der Waals surface area contributed by atoms with Crippen LogP contribution in [0.15, 0.2) is 59.7 Å². The van der Waals surface area contributed by atoms with E-state index in [0.29, 0.717) is 5.56 Å². The molecule has 1 N–H and O–H groups in total. The van der Waals surface area contributed by atoms with Gasteiger partial charge in [0.1, 0.15) is 0 Å². The predicted molar refractivity (Wildman–Crippen MR) is 115 cm³/mol. The second kappa shape index (κ2) is 8.39. The lowest BCUT2D eigenvalue weighted by molar-refractivity contribution is -0.385. The second-order valence-electron chi connectivity index (χ2n) is 8.25. The SMILES string of the molecule is CC(C)(C)c1ccc([C@@H]2C[C@H]2C(=O)NN=C/C=C/c2ccccc2[N+](=O)[O-])cc1. The van der Waals surface area contributed by atoms with E-state index in [1.165, 1.54) is 23.4 Å². The molecule has 0 unspecified atom stereocenters. The molecule has 0 bridgehead atoms. The molecule has 29 heavy (non-hydrogen) atoms. The summed E-state index contributed by atoms with van der Waals surface area (Å²) in [7, 11) is 0. The molecule has 3 rings (SSSR count). The third-order valence-corrected chi connectivity index (χ3v) is 5.08. The quantitative estimate of drug-likeness (QED) is 0.436. The lowest BCUT2D eigenvalue weighted by Gasteiger charge is -2.19. The minimum atomic E-state index is -0.431. The molecule has 0 aromatic heterocycles. The highest BCUT2D eigenvalue weighted by atomic mass is 16.6. The topological polar surface area (TPSA) is 84.6 Å².